The van der Waals surface area contributed by atoms with Crippen LogP contribution < -0.4 is 5.73 Å². The summed E-state index contributed by atoms with van der Waals surface area (Å²) >= 11 is 0. The van der Waals surface area contributed by atoms with E-state index in [1.807, 2.05) is 6.07 Å². The van der Waals surface area contributed by atoms with E-state index in [1.165, 1.54) is 5.56 Å². The number of nitrogens with zero attached hydrogens (tertiary/aromatic N) is 2. The van der Waals surface area contributed by atoms with Crippen molar-refractivity contribution in [3.63, 3.8) is 0 Å². The van der Waals surface area contributed by atoms with Gasteiger partial charge in [-0.2, -0.15) is 0 Å². The third-order valence-corrected chi connectivity index (χ3v) is 3.38. The number of nitrogen functional groups attached to an aromatic ring is 1. The summed E-state index contributed by atoms with van der Waals surface area (Å²) in [4.78, 5) is 9.01. The number of aromatic nitrogens is 2. The Balaban J connectivity index is 1.76. The lowest BCUT2D eigenvalue weighted by atomic mass is 10.1. The normalized spacial score (nSPS) is 14.1. The highest BCUT2D eigenvalue weighted by Crippen LogP contribution is 2.20. The number of hydrogen-bond donors (Lipinski definition) is 1. The quantitative estimate of drug-likeness (QED) is 0.910. The van der Waals surface area contributed by atoms with E-state index in [0.717, 1.165) is 43.0 Å². The molecule has 0 spiro atoms. The van der Waals surface area contributed by atoms with Crippen LogP contribution in [0.5, 0.6) is 0 Å². The van der Waals surface area contributed by atoms with E-state index in [-0.39, 0.29) is 0 Å². The molecule has 0 amide bonds. The molecule has 3 rings (SSSR count). The lowest BCUT2D eigenvalue weighted by Crippen LogP contribution is -2.17. The minimum absolute atomic E-state index is 0.542. The fraction of sp³-hybridized carbons (Fsp3) is 0.333. The first kappa shape index (κ1) is 12.1. The van der Waals surface area contributed by atoms with E-state index in [4.69, 9.17) is 10.5 Å². The molecule has 0 fully saturated rings. The Morgan fingerprint density at radius 2 is 1.95 bits per heavy atom. The highest BCUT2D eigenvalue weighted by molar-refractivity contribution is 5.42. The van der Waals surface area contributed by atoms with E-state index in [2.05, 4.69) is 34.2 Å². The maximum atomic E-state index is 5.98. The Hall–Kier alpha value is -1.94. The van der Waals surface area contributed by atoms with Crippen molar-refractivity contribution in [3.05, 3.63) is 53.0 Å². The van der Waals surface area contributed by atoms with Crippen molar-refractivity contribution in [2.75, 3.05) is 12.3 Å². The van der Waals surface area contributed by atoms with E-state index >= 15 is 0 Å². The summed E-state index contributed by atoms with van der Waals surface area (Å²) in [5.74, 6) is 1.41. The number of hydrogen-bond acceptors (Lipinski definition) is 4. The maximum absolute atomic E-state index is 5.98. The zero-order valence-electron chi connectivity index (χ0n) is 10.8. The minimum Gasteiger partial charge on any atom is -0.383 e. The monoisotopic (exact) mass is 255 g/mol. The number of fused-ring (bicyclic) bond motifs is 1. The van der Waals surface area contributed by atoms with E-state index in [1.54, 1.807) is 0 Å². The van der Waals surface area contributed by atoms with Crippen molar-refractivity contribution in [1.29, 1.82) is 0 Å². The Morgan fingerprint density at radius 3 is 2.79 bits per heavy atom. The molecule has 1 aliphatic rings. The van der Waals surface area contributed by atoms with Gasteiger partial charge in [0.05, 0.1) is 18.9 Å². The molecular formula is C15H17N3O. The van der Waals surface area contributed by atoms with Crippen molar-refractivity contribution < 1.29 is 4.74 Å². The molecule has 1 aliphatic heterocycles. The second-order valence-corrected chi connectivity index (χ2v) is 4.74. The third-order valence-electron chi connectivity index (χ3n) is 3.38. The molecule has 1 aromatic heterocycles. The average Bonchev–Trinajstić information content (AvgIpc) is 2.46. The molecule has 0 bridgehead atoms. The maximum Gasteiger partial charge on any atom is 0.132 e. The van der Waals surface area contributed by atoms with Gasteiger partial charge in [0, 0.05) is 18.4 Å². The molecule has 19 heavy (non-hydrogen) atoms. The van der Waals surface area contributed by atoms with Gasteiger partial charge in [-0.3, -0.25) is 0 Å². The Bertz CT molecular complexity index is 569. The summed E-state index contributed by atoms with van der Waals surface area (Å²) in [5.41, 5.74) is 9.30. The number of benzene rings is 1. The van der Waals surface area contributed by atoms with Crippen LogP contribution in [-0.2, 0) is 30.6 Å². The van der Waals surface area contributed by atoms with E-state index < -0.39 is 0 Å². The Kier molecular flexibility index (Phi) is 3.42. The van der Waals surface area contributed by atoms with Crippen molar-refractivity contribution in [2.24, 2.45) is 0 Å². The molecule has 0 atom stereocenters. The van der Waals surface area contributed by atoms with Crippen molar-refractivity contribution in [2.45, 2.75) is 25.9 Å². The van der Waals surface area contributed by atoms with Gasteiger partial charge in [0.1, 0.15) is 11.6 Å². The number of nitrogens with two attached hydrogens (primary N) is 1. The molecule has 2 heterocycles. The highest BCUT2D eigenvalue weighted by atomic mass is 16.5. The molecule has 0 saturated carbocycles. The van der Waals surface area contributed by atoms with Crippen LogP contribution in [0.25, 0.3) is 0 Å². The number of aryl methyl sites for hydroxylation is 2. The van der Waals surface area contributed by atoms with Crippen molar-refractivity contribution >= 4 is 5.82 Å². The van der Waals surface area contributed by atoms with Crippen LogP contribution in [0, 0.1) is 0 Å². The van der Waals surface area contributed by atoms with Gasteiger partial charge in [0.2, 0.25) is 0 Å². The predicted molar refractivity (Wildman–Crippen MR) is 73.7 cm³/mol. The predicted octanol–water partition coefficient (Wildman–Crippen LogP) is 1.92. The Morgan fingerprint density at radius 1 is 1.11 bits per heavy atom. The largest absolute Gasteiger partial charge is 0.383 e. The Labute approximate surface area is 112 Å². The molecule has 1 aromatic carbocycles. The first-order chi connectivity index (χ1) is 9.33. The van der Waals surface area contributed by atoms with Gasteiger partial charge in [-0.15, -0.1) is 0 Å². The van der Waals surface area contributed by atoms with Gasteiger partial charge >= 0.3 is 0 Å². The summed E-state index contributed by atoms with van der Waals surface area (Å²) in [6.07, 6.45) is 2.60. The van der Waals surface area contributed by atoms with Gasteiger partial charge < -0.3 is 10.5 Å². The molecule has 0 radical (unpaired) electrons. The fourth-order valence-electron chi connectivity index (χ4n) is 2.32. The van der Waals surface area contributed by atoms with Crippen LogP contribution in [0.2, 0.25) is 0 Å². The zero-order chi connectivity index (χ0) is 13.1. The molecule has 4 heteroatoms. The minimum atomic E-state index is 0.542. The van der Waals surface area contributed by atoms with Gasteiger partial charge in [-0.05, 0) is 12.0 Å². The van der Waals surface area contributed by atoms with Gasteiger partial charge in [-0.25, -0.2) is 9.97 Å². The molecule has 0 unspecified atom stereocenters. The third kappa shape index (κ3) is 2.74. The molecule has 98 valence electrons. The van der Waals surface area contributed by atoms with E-state index in [9.17, 15) is 0 Å². The number of ether oxygens (including phenoxy) is 1. The van der Waals surface area contributed by atoms with Crippen LogP contribution in [0.15, 0.2) is 30.3 Å². The SMILES string of the molecule is Nc1nc(CCc2ccccc2)nc2c1COCC2. The van der Waals surface area contributed by atoms with E-state index in [0.29, 0.717) is 12.4 Å². The molecule has 4 nitrogen and oxygen atoms in total. The molecular weight excluding hydrogens is 238 g/mol. The molecule has 2 aromatic rings. The number of anilines is 1. The van der Waals surface area contributed by atoms with Gasteiger partial charge in [0.25, 0.3) is 0 Å². The second kappa shape index (κ2) is 5.36. The number of rotatable bonds is 3. The van der Waals surface area contributed by atoms with Crippen molar-refractivity contribution in [1.82, 2.24) is 9.97 Å². The van der Waals surface area contributed by atoms with Crippen LogP contribution >= 0.6 is 0 Å². The summed E-state index contributed by atoms with van der Waals surface area (Å²) in [6, 6.07) is 10.4. The zero-order valence-corrected chi connectivity index (χ0v) is 10.8. The van der Waals surface area contributed by atoms with Crippen LogP contribution in [-0.4, -0.2) is 16.6 Å². The summed E-state index contributed by atoms with van der Waals surface area (Å²) in [7, 11) is 0. The van der Waals surface area contributed by atoms with Crippen molar-refractivity contribution in [3.8, 4) is 0 Å². The van der Waals surface area contributed by atoms with Crippen LogP contribution in [0.1, 0.15) is 22.6 Å². The lowest BCUT2D eigenvalue weighted by Gasteiger charge is -2.17. The standard InChI is InChI=1S/C15H17N3O/c16-15-12-10-19-9-8-13(12)17-14(18-15)7-6-11-4-2-1-3-5-11/h1-5H,6-10H2,(H2,16,17,18). The fourth-order valence-corrected chi connectivity index (χ4v) is 2.32. The lowest BCUT2D eigenvalue weighted by molar-refractivity contribution is 0.109. The summed E-state index contributed by atoms with van der Waals surface area (Å²) in [6.45, 7) is 1.27. The smallest absolute Gasteiger partial charge is 0.132 e. The summed E-state index contributed by atoms with van der Waals surface area (Å²) in [5, 5.41) is 0. The first-order valence-electron chi connectivity index (χ1n) is 6.59. The molecule has 0 saturated heterocycles. The molecule has 2 N–H and O–H groups in total. The van der Waals surface area contributed by atoms with Gasteiger partial charge in [-0.1, -0.05) is 30.3 Å². The van der Waals surface area contributed by atoms with Crippen LogP contribution in [0.4, 0.5) is 5.82 Å². The summed E-state index contributed by atoms with van der Waals surface area (Å²) < 4.78 is 5.39. The molecule has 0 aliphatic carbocycles. The second-order valence-electron chi connectivity index (χ2n) is 4.74. The topological polar surface area (TPSA) is 61.0 Å². The van der Waals surface area contributed by atoms with Gasteiger partial charge in [0.15, 0.2) is 0 Å². The highest BCUT2D eigenvalue weighted by Gasteiger charge is 2.16. The average molecular weight is 255 g/mol. The first-order valence-corrected chi connectivity index (χ1v) is 6.59. The van der Waals surface area contributed by atoms with Crippen LogP contribution in [0.3, 0.4) is 0 Å².